The van der Waals surface area contributed by atoms with Gasteiger partial charge in [-0.1, -0.05) is 13.8 Å². The van der Waals surface area contributed by atoms with Gasteiger partial charge in [-0.2, -0.15) is 11.3 Å². The Hall–Kier alpha value is -0.380. The maximum atomic E-state index is 3.43. The van der Waals surface area contributed by atoms with Gasteiger partial charge in [-0.25, -0.2) is 0 Å². The Morgan fingerprint density at radius 2 is 2.20 bits per heavy atom. The number of nitrogens with one attached hydrogen (secondary N) is 1. The van der Waals surface area contributed by atoms with Crippen LogP contribution in [0.3, 0.4) is 0 Å². The van der Waals surface area contributed by atoms with Crippen LogP contribution in [0, 0.1) is 0 Å². The molecule has 3 heteroatoms. The third-order valence-corrected chi connectivity index (χ3v) is 3.14. The molecule has 1 N–H and O–H groups in total. The Morgan fingerprint density at radius 1 is 1.40 bits per heavy atom. The van der Waals surface area contributed by atoms with Crippen molar-refractivity contribution in [1.29, 1.82) is 0 Å². The first-order valence-corrected chi connectivity index (χ1v) is 6.56. The zero-order valence-electron chi connectivity index (χ0n) is 9.99. The normalized spacial score (nSPS) is 11.5. The van der Waals surface area contributed by atoms with Crippen LogP contribution in [0.4, 0.5) is 0 Å². The quantitative estimate of drug-likeness (QED) is 0.767. The first kappa shape index (κ1) is 12.7. The van der Waals surface area contributed by atoms with Crippen molar-refractivity contribution in [1.82, 2.24) is 10.2 Å². The molecule has 0 aliphatic carbocycles. The van der Waals surface area contributed by atoms with Crippen molar-refractivity contribution in [3.05, 3.63) is 22.4 Å². The lowest BCUT2D eigenvalue weighted by molar-refractivity contribution is 0.331. The summed E-state index contributed by atoms with van der Waals surface area (Å²) in [6.45, 7) is 7.73. The second-order valence-corrected chi connectivity index (χ2v) is 5.07. The van der Waals surface area contributed by atoms with Gasteiger partial charge in [0.05, 0.1) is 0 Å². The topological polar surface area (TPSA) is 15.3 Å². The van der Waals surface area contributed by atoms with E-state index in [-0.39, 0.29) is 0 Å². The summed E-state index contributed by atoms with van der Waals surface area (Å²) < 4.78 is 0. The van der Waals surface area contributed by atoms with Gasteiger partial charge in [-0.3, -0.25) is 0 Å². The van der Waals surface area contributed by atoms with E-state index in [1.54, 1.807) is 11.3 Å². The minimum atomic E-state index is 0.593. The highest BCUT2D eigenvalue weighted by Gasteiger charge is 2.00. The summed E-state index contributed by atoms with van der Waals surface area (Å²) >= 11 is 1.78. The summed E-state index contributed by atoms with van der Waals surface area (Å²) in [7, 11) is 2.19. The molecule has 0 unspecified atom stereocenters. The summed E-state index contributed by atoms with van der Waals surface area (Å²) in [5.41, 5.74) is 1.46. The summed E-state index contributed by atoms with van der Waals surface area (Å²) in [5, 5.41) is 7.81. The Morgan fingerprint density at radius 3 is 2.80 bits per heavy atom. The fourth-order valence-corrected chi connectivity index (χ4v) is 2.11. The highest BCUT2D eigenvalue weighted by Crippen LogP contribution is 2.06. The fourth-order valence-electron chi connectivity index (χ4n) is 1.41. The third kappa shape index (κ3) is 5.92. The third-order valence-electron chi connectivity index (χ3n) is 2.41. The molecular formula is C12H22N2S. The number of hydrogen-bond acceptors (Lipinski definition) is 3. The van der Waals surface area contributed by atoms with Crippen LogP contribution in [0.25, 0.3) is 0 Å². The van der Waals surface area contributed by atoms with E-state index in [4.69, 9.17) is 0 Å². The van der Waals surface area contributed by atoms with Crippen molar-refractivity contribution >= 4 is 11.3 Å². The zero-order valence-corrected chi connectivity index (χ0v) is 10.8. The Balaban J connectivity index is 2.06. The molecule has 0 bridgehead atoms. The smallest absolute Gasteiger partial charge is 0.0104 e. The number of likely N-dealkylation sites (N-methyl/N-ethyl adjacent to an activating group) is 1. The van der Waals surface area contributed by atoms with E-state index < -0.39 is 0 Å². The molecule has 0 saturated heterocycles. The Kier molecular flexibility index (Phi) is 5.91. The highest BCUT2D eigenvalue weighted by atomic mass is 32.1. The van der Waals surface area contributed by atoms with Crippen LogP contribution in [0.15, 0.2) is 16.8 Å². The van der Waals surface area contributed by atoms with Gasteiger partial charge in [0.15, 0.2) is 0 Å². The molecule has 0 radical (unpaired) electrons. The molecule has 0 fully saturated rings. The van der Waals surface area contributed by atoms with E-state index in [0.29, 0.717) is 6.04 Å². The van der Waals surface area contributed by atoms with E-state index >= 15 is 0 Å². The van der Waals surface area contributed by atoms with E-state index in [1.165, 1.54) is 12.0 Å². The molecule has 0 aromatic carbocycles. The van der Waals surface area contributed by atoms with Crippen molar-refractivity contribution in [2.75, 3.05) is 26.7 Å². The van der Waals surface area contributed by atoms with Crippen LogP contribution in [0.5, 0.6) is 0 Å². The molecule has 0 amide bonds. The second-order valence-electron chi connectivity index (χ2n) is 4.29. The van der Waals surface area contributed by atoms with Gasteiger partial charge in [-0.15, -0.1) is 0 Å². The number of thiophene rings is 1. The van der Waals surface area contributed by atoms with Crippen LogP contribution >= 0.6 is 11.3 Å². The van der Waals surface area contributed by atoms with Gasteiger partial charge in [0.25, 0.3) is 0 Å². The lowest BCUT2D eigenvalue weighted by Crippen LogP contribution is -2.33. The molecule has 1 aromatic rings. The van der Waals surface area contributed by atoms with Crippen LogP contribution in [0.2, 0.25) is 0 Å². The average molecular weight is 226 g/mol. The van der Waals surface area contributed by atoms with Crippen molar-refractivity contribution in [3.63, 3.8) is 0 Å². The standard InChI is InChI=1S/C12H22N2S/c1-11(2)13-6-8-14(3)7-4-12-5-9-15-10-12/h5,9-11,13H,4,6-8H2,1-3H3. The molecule has 0 saturated carbocycles. The molecule has 15 heavy (non-hydrogen) atoms. The van der Waals surface area contributed by atoms with Crippen molar-refractivity contribution in [2.45, 2.75) is 26.3 Å². The van der Waals surface area contributed by atoms with Crippen molar-refractivity contribution in [2.24, 2.45) is 0 Å². The van der Waals surface area contributed by atoms with Gasteiger partial charge in [-0.05, 0) is 35.9 Å². The predicted molar refractivity (Wildman–Crippen MR) is 68.7 cm³/mol. The van der Waals surface area contributed by atoms with E-state index in [0.717, 1.165) is 19.6 Å². The second kappa shape index (κ2) is 6.99. The van der Waals surface area contributed by atoms with Crippen molar-refractivity contribution < 1.29 is 0 Å². The minimum Gasteiger partial charge on any atom is -0.313 e. The van der Waals surface area contributed by atoms with E-state index in [2.05, 4.69) is 47.9 Å². The van der Waals surface area contributed by atoms with E-state index in [9.17, 15) is 0 Å². The molecule has 1 rings (SSSR count). The van der Waals surface area contributed by atoms with Gasteiger partial charge in [0.2, 0.25) is 0 Å². The summed E-state index contributed by atoms with van der Waals surface area (Å²) in [6, 6.07) is 2.81. The highest BCUT2D eigenvalue weighted by molar-refractivity contribution is 7.07. The van der Waals surface area contributed by atoms with E-state index in [1.807, 2.05) is 0 Å². The summed E-state index contributed by atoms with van der Waals surface area (Å²) in [5.74, 6) is 0. The van der Waals surface area contributed by atoms with Gasteiger partial charge in [0.1, 0.15) is 0 Å². The predicted octanol–water partition coefficient (Wildman–Crippen LogP) is 2.22. The molecular weight excluding hydrogens is 204 g/mol. The first-order chi connectivity index (χ1) is 7.18. The van der Waals surface area contributed by atoms with Crippen LogP contribution < -0.4 is 5.32 Å². The molecule has 1 heterocycles. The molecule has 0 atom stereocenters. The molecule has 0 aliphatic heterocycles. The lowest BCUT2D eigenvalue weighted by atomic mass is 10.2. The molecule has 0 aliphatic rings. The largest absolute Gasteiger partial charge is 0.313 e. The van der Waals surface area contributed by atoms with Crippen LogP contribution in [-0.2, 0) is 6.42 Å². The maximum absolute atomic E-state index is 3.43. The summed E-state index contributed by atoms with van der Waals surface area (Å²) in [6.07, 6.45) is 1.17. The van der Waals surface area contributed by atoms with Gasteiger partial charge in [0, 0.05) is 25.7 Å². The minimum absolute atomic E-state index is 0.593. The average Bonchev–Trinajstić information content (AvgIpc) is 2.66. The molecule has 86 valence electrons. The lowest BCUT2D eigenvalue weighted by Gasteiger charge is -2.17. The number of nitrogens with zero attached hydrogens (tertiary/aromatic N) is 1. The van der Waals surface area contributed by atoms with Crippen molar-refractivity contribution in [3.8, 4) is 0 Å². The van der Waals surface area contributed by atoms with Gasteiger partial charge < -0.3 is 10.2 Å². The maximum Gasteiger partial charge on any atom is 0.0104 e. The fraction of sp³-hybridized carbons (Fsp3) is 0.667. The molecule has 2 nitrogen and oxygen atoms in total. The first-order valence-electron chi connectivity index (χ1n) is 5.61. The number of hydrogen-bond donors (Lipinski definition) is 1. The number of rotatable bonds is 7. The van der Waals surface area contributed by atoms with Gasteiger partial charge >= 0.3 is 0 Å². The monoisotopic (exact) mass is 226 g/mol. The zero-order chi connectivity index (χ0) is 11.1. The molecule has 1 aromatic heterocycles. The van der Waals surface area contributed by atoms with Crippen LogP contribution in [0.1, 0.15) is 19.4 Å². The SMILES string of the molecule is CC(C)NCCN(C)CCc1ccsc1. The Labute approximate surface area is 97.3 Å². The Bertz CT molecular complexity index is 244. The van der Waals surface area contributed by atoms with Crippen LogP contribution in [-0.4, -0.2) is 37.6 Å². The molecule has 0 spiro atoms. The summed E-state index contributed by atoms with van der Waals surface area (Å²) in [4.78, 5) is 2.38.